The molecule has 0 aliphatic heterocycles. The highest BCUT2D eigenvalue weighted by Gasteiger charge is 2.26. The van der Waals surface area contributed by atoms with Crippen molar-refractivity contribution in [2.24, 2.45) is 0 Å². The maximum atomic E-state index is 12.3. The predicted molar refractivity (Wildman–Crippen MR) is 205 cm³/mol. The summed E-state index contributed by atoms with van der Waals surface area (Å²) >= 11 is 0. The lowest BCUT2D eigenvalue weighted by Crippen LogP contribution is -2.36. The van der Waals surface area contributed by atoms with Crippen LogP contribution < -0.4 is 5.32 Å². The minimum atomic E-state index is -4.19. The van der Waals surface area contributed by atoms with Gasteiger partial charge in [0.25, 0.3) is 10.1 Å². The van der Waals surface area contributed by atoms with Crippen LogP contribution in [0.5, 0.6) is 0 Å². The van der Waals surface area contributed by atoms with Gasteiger partial charge in [-0.05, 0) is 52.4 Å². The van der Waals surface area contributed by atoms with E-state index >= 15 is 0 Å². The molecule has 0 saturated heterocycles. The van der Waals surface area contributed by atoms with Gasteiger partial charge >= 0.3 is 11.9 Å². The van der Waals surface area contributed by atoms with Gasteiger partial charge in [0.1, 0.15) is 12.2 Å². The molecule has 0 aromatic carbocycles. The second-order valence-corrected chi connectivity index (χ2v) is 15.8. The third kappa shape index (κ3) is 35.8. The average molecular weight is 742 g/mol. The number of amides is 1. The Bertz CT molecular complexity index is 1120. The molecule has 0 rings (SSSR count). The molecule has 10 nitrogen and oxygen atoms in total. The van der Waals surface area contributed by atoms with Crippen LogP contribution in [0.25, 0.3) is 0 Å². The third-order valence-electron chi connectivity index (χ3n) is 8.63. The van der Waals surface area contributed by atoms with Crippen LogP contribution in [0.3, 0.4) is 0 Å². The molecule has 0 aliphatic rings. The molecule has 0 aromatic heterocycles. The number of hydrogen-bond donors (Lipinski definition) is 3. The van der Waals surface area contributed by atoms with E-state index in [-0.39, 0.29) is 31.8 Å². The molecule has 3 N–H and O–H groups in total. The highest BCUT2D eigenvalue weighted by atomic mass is 32.2. The van der Waals surface area contributed by atoms with Crippen molar-refractivity contribution in [2.45, 2.75) is 200 Å². The van der Waals surface area contributed by atoms with Crippen LogP contribution in [-0.2, 0) is 34.0 Å². The van der Waals surface area contributed by atoms with Crippen LogP contribution in [0.2, 0.25) is 0 Å². The molecule has 296 valence electrons. The number of unbranched alkanes of at least 4 members (excludes halogenated alkanes) is 15. The first-order chi connectivity index (χ1) is 24.2. The van der Waals surface area contributed by atoms with Crippen molar-refractivity contribution in [1.29, 1.82) is 0 Å². The number of rotatable bonds is 32. The summed E-state index contributed by atoms with van der Waals surface area (Å²) in [4.78, 5) is 36.0. The third-order valence-corrected chi connectivity index (χ3v) is 9.35. The first kappa shape index (κ1) is 48.6. The largest absolute Gasteiger partial charge is 0.462 e. The van der Waals surface area contributed by atoms with Crippen LogP contribution >= 0.6 is 0 Å². The Morgan fingerprint density at radius 3 is 1.94 bits per heavy atom. The lowest BCUT2D eigenvalue weighted by Gasteiger charge is -2.25. The smallest absolute Gasteiger partial charge is 0.307 e. The number of aliphatic hydroxyl groups is 1. The zero-order valence-electron chi connectivity index (χ0n) is 32.4. The fourth-order valence-electron chi connectivity index (χ4n) is 5.88. The standard InChI is InChI=1S/C40H71NO9S/c1-5-6-7-8-9-10-11-12-13-14-15-16-17-18-19-20-21-22-23-24-25-26-29-39(44)49-35(2)33-37(50-36(3)42)28-27-30-40(4,45)34-38(43)41-31-32-51(46,47)48/h20-21,35,37,45H,5-19,22-23,26-34H2,1-4H3,(H,41,43)(H,46,47,48)/b21-20+/t35-,37+,40-/m1/s1. The fraction of sp³-hybridized carbons (Fsp3) is 0.825. The molecular weight excluding hydrogens is 671 g/mol. The quantitative estimate of drug-likeness (QED) is 0.0202. The predicted octanol–water partition coefficient (Wildman–Crippen LogP) is 8.55. The number of carbonyl (C=O) groups is 3. The van der Waals surface area contributed by atoms with Crippen molar-refractivity contribution < 1.29 is 41.9 Å². The van der Waals surface area contributed by atoms with E-state index in [1.54, 1.807) is 6.92 Å². The van der Waals surface area contributed by atoms with Gasteiger partial charge in [0.15, 0.2) is 0 Å². The summed E-state index contributed by atoms with van der Waals surface area (Å²) in [5.41, 5.74) is -1.37. The number of esters is 2. The van der Waals surface area contributed by atoms with Crippen LogP contribution in [0, 0.1) is 11.8 Å². The lowest BCUT2D eigenvalue weighted by molar-refractivity contribution is -0.153. The van der Waals surface area contributed by atoms with Crippen LogP contribution in [-0.4, -0.2) is 66.0 Å². The van der Waals surface area contributed by atoms with Crippen molar-refractivity contribution in [3.8, 4) is 11.8 Å². The molecule has 0 unspecified atom stereocenters. The number of carbonyl (C=O) groups excluding carboxylic acids is 3. The Morgan fingerprint density at radius 2 is 1.37 bits per heavy atom. The Kier molecular flexibility index (Phi) is 29.7. The van der Waals surface area contributed by atoms with Crippen molar-refractivity contribution in [1.82, 2.24) is 5.32 Å². The van der Waals surface area contributed by atoms with Crippen molar-refractivity contribution >= 4 is 28.0 Å². The second kappa shape index (κ2) is 31.1. The molecule has 0 bridgehead atoms. The number of ether oxygens (including phenoxy) is 2. The van der Waals surface area contributed by atoms with Crippen molar-refractivity contribution in [3.63, 3.8) is 0 Å². The molecule has 0 aromatic rings. The fourth-order valence-corrected chi connectivity index (χ4v) is 6.24. The first-order valence-corrected chi connectivity index (χ1v) is 21.3. The number of allylic oxidation sites excluding steroid dienone is 2. The Morgan fingerprint density at radius 1 is 0.824 bits per heavy atom. The van der Waals surface area contributed by atoms with Gasteiger partial charge in [-0.1, -0.05) is 103 Å². The summed E-state index contributed by atoms with van der Waals surface area (Å²) < 4.78 is 41.2. The number of nitrogens with one attached hydrogen (secondary N) is 1. The Balaban J connectivity index is 4.04. The lowest BCUT2D eigenvalue weighted by atomic mass is 9.93. The monoisotopic (exact) mass is 741 g/mol. The Labute approximate surface area is 310 Å². The van der Waals surface area contributed by atoms with E-state index < -0.39 is 45.6 Å². The van der Waals surface area contributed by atoms with E-state index in [4.69, 9.17) is 14.0 Å². The summed E-state index contributed by atoms with van der Waals surface area (Å²) in [6.07, 6.45) is 27.1. The zero-order chi connectivity index (χ0) is 38.2. The average Bonchev–Trinajstić information content (AvgIpc) is 3.02. The highest BCUT2D eigenvalue weighted by molar-refractivity contribution is 7.85. The second-order valence-electron chi connectivity index (χ2n) is 14.2. The maximum Gasteiger partial charge on any atom is 0.307 e. The summed E-state index contributed by atoms with van der Waals surface area (Å²) in [6, 6.07) is 0. The van der Waals surface area contributed by atoms with Gasteiger partial charge in [-0.2, -0.15) is 8.42 Å². The summed E-state index contributed by atoms with van der Waals surface area (Å²) in [5.74, 6) is 4.17. The molecule has 11 heteroatoms. The first-order valence-electron chi connectivity index (χ1n) is 19.7. The van der Waals surface area contributed by atoms with Gasteiger partial charge in [-0.15, -0.1) is 11.8 Å². The molecule has 3 atom stereocenters. The summed E-state index contributed by atoms with van der Waals surface area (Å²) in [6.45, 7) is 6.53. The minimum Gasteiger partial charge on any atom is -0.462 e. The van der Waals surface area contributed by atoms with Gasteiger partial charge in [-0.25, -0.2) is 0 Å². The SMILES string of the molecule is CCCCCCCCCCCCCCCC/C=C/CCC#CCCC(=O)O[C@H](C)C[C@H](CCC[C@@](C)(O)CC(=O)NCCS(=O)(=O)O)OC(C)=O. The van der Waals surface area contributed by atoms with Gasteiger partial charge in [0.05, 0.1) is 24.2 Å². The highest BCUT2D eigenvalue weighted by Crippen LogP contribution is 2.21. The van der Waals surface area contributed by atoms with Crippen LogP contribution in [0.1, 0.15) is 182 Å². The van der Waals surface area contributed by atoms with Gasteiger partial charge < -0.3 is 19.9 Å². The van der Waals surface area contributed by atoms with E-state index in [1.165, 1.54) is 104 Å². The molecule has 0 radical (unpaired) electrons. The van der Waals surface area contributed by atoms with Crippen LogP contribution in [0.15, 0.2) is 12.2 Å². The molecule has 0 fully saturated rings. The van der Waals surface area contributed by atoms with Gasteiger partial charge in [0.2, 0.25) is 5.91 Å². The van der Waals surface area contributed by atoms with E-state index in [2.05, 4.69) is 36.2 Å². The van der Waals surface area contributed by atoms with E-state index in [1.807, 2.05) is 0 Å². The normalized spacial score (nSPS) is 13.9. The van der Waals surface area contributed by atoms with E-state index in [9.17, 15) is 27.9 Å². The van der Waals surface area contributed by atoms with Crippen molar-refractivity contribution in [2.75, 3.05) is 12.3 Å². The molecule has 1 amide bonds. The maximum absolute atomic E-state index is 12.3. The zero-order valence-corrected chi connectivity index (χ0v) is 33.2. The van der Waals surface area contributed by atoms with E-state index in [0.29, 0.717) is 25.7 Å². The molecule has 0 heterocycles. The minimum absolute atomic E-state index is 0.180. The van der Waals surface area contributed by atoms with Crippen LogP contribution in [0.4, 0.5) is 0 Å². The molecule has 0 aliphatic carbocycles. The van der Waals surface area contributed by atoms with Gasteiger partial charge in [0, 0.05) is 32.7 Å². The van der Waals surface area contributed by atoms with Gasteiger partial charge in [-0.3, -0.25) is 18.9 Å². The molecule has 0 saturated carbocycles. The molecular formula is C40H71NO9S. The van der Waals surface area contributed by atoms with E-state index in [0.717, 1.165) is 19.3 Å². The summed E-state index contributed by atoms with van der Waals surface area (Å²) in [5, 5.41) is 12.9. The molecule has 51 heavy (non-hydrogen) atoms. The van der Waals surface area contributed by atoms with Crippen molar-refractivity contribution in [3.05, 3.63) is 12.2 Å². The molecule has 0 spiro atoms. The Hall–Kier alpha value is -2.42. The number of hydrogen-bond acceptors (Lipinski definition) is 8. The summed E-state index contributed by atoms with van der Waals surface area (Å²) in [7, 11) is -4.19. The topological polar surface area (TPSA) is 156 Å².